The Morgan fingerprint density at radius 3 is 2.61 bits per heavy atom. The van der Waals surface area contributed by atoms with Gasteiger partial charge in [-0.2, -0.15) is 0 Å². The largest absolute Gasteiger partial charge is 0.322 e. The number of thioether (sulfide) groups is 1. The Labute approximate surface area is 187 Å². The topological polar surface area (TPSA) is 49.4 Å². The van der Waals surface area contributed by atoms with Crippen LogP contribution in [0.1, 0.15) is 41.3 Å². The highest BCUT2D eigenvalue weighted by atomic mass is 32.2. The molecule has 0 unspecified atom stereocenters. The number of rotatable bonds is 6. The van der Waals surface area contributed by atoms with Gasteiger partial charge in [-0.15, -0.1) is 11.8 Å². The van der Waals surface area contributed by atoms with E-state index in [-0.39, 0.29) is 11.8 Å². The molecule has 0 aromatic heterocycles. The fourth-order valence-corrected chi connectivity index (χ4v) is 4.69. The van der Waals surface area contributed by atoms with Gasteiger partial charge in [-0.1, -0.05) is 56.3 Å². The van der Waals surface area contributed by atoms with Gasteiger partial charge in [0.25, 0.3) is 5.91 Å². The molecule has 1 aliphatic rings. The van der Waals surface area contributed by atoms with Crippen molar-refractivity contribution < 1.29 is 9.59 Å². The molecule has 2 amide bonds. The van der Waals surface area contributed by atoms with E-state index in [9.17, 15) is 9.59 Å². The fraction of sp³-hybridized carbons (Fsp3) is 0.231. The maximum Gasteiger partial charge on any atom is 0.256 e. The molecular weight excluding hydrogens is 404 g/mol. The Morgan fingerprint density at radius 2 is 1.77 bits per heavy atom. The van der Waals surface area contributed by atoms with Crippen molar-refractivity contribution in [1.29, 1.82) is 0 Å². The number of fused-ring (bicyclic) bond motifs is 1. The van der Waals surface area contributed by atoms with Gasteiger partial charge in [0.1, 0.15) is 0 Å². The molecule has 0 spiro atoms. The molecule has 0 atom stereocenters. The Morgan fingerprint density at radius 1 is 1.00 bits per heavy atom. The third-order valence-corrected chi connectivity index (χ3v) is 6.54. The van der Waals surface area contributed by atoms with Crippen LogP contribution in [0.2, 0.25) is 0 Å². The summed E-state index contributed by atoms with van der Waals surface area (Å²) in [6.07, 6.45) is 0.890. The molecule has 4 nitrogen and oxygen atoms in total. The van der Waals surface area contributed by atoms with E-state index in [1.54, 1.807) is 6.07 Å². The summed E-state index contributed by atoms with van der Waals surface area (Å²) < 4.78 is 0. The standard InChI is InChI=1S/C26H26N2O2S/c1-18(2)20-9-7-10-21(16-20)27-26(30)22-11-4-6-13-24(22)31-17-25(29)28-15-14-19-8-3-5-12-23(19)28/h3-13,16,18H,14-15,17H2,1-2H3,(H,27,30). The van der Waals surface area contributed by atoms with E-state index >= 15 is 0 Å². The van der Waals surface area contributed by atoms with Gasteiger partial charge >= 0.3 is 0 Å². The molecule has 1 aliphatic heterocycles. The van der Waals surface area contributed by atoms with Crippen molar-refractivity contribution in [3.8, 4) is 0 Å². The summed E-state index contributed by atoms with van der Waals surface area (Å²) in [7, 11) is 0. The highest BCUT2D eigenvalue weighted by molar-refractivity contribution is 8.00. The average Bonchev–Trinajstić information content (AvgIpc) is 3.22. The zero-order valence-electron chi connectivity index (χ0n) is 17.8. The molecule has 4 rings (SSSR count). The molecule has 3 aromatic rings. The highest BCUT2D eigenvalue weighted by Crippen LogP contribution is 2.30. The molecule has 1 heterocycles. The summed E-state index contributed by atoms with van der Waals surface area (Å²) in [5.74, 6) is 0.584. The third-order valence-electron chi connectivity index (χ3n) is 5.48. The first-order valence-corrected chi connectivity index (χ1v) is 11.5. The van der Waals surface area contributed by atoms with Crippen molar-refractivity contribution in [3.63, 3.8) is 0 Å². The van der Waals surface area contributed by atoms with Gasteiger partial charge in [0.2, 0.25) is 5.91 Å². The molecule has 0 saturated heterocycles. The van der Waals surface area contributed by atoms with E-state index in [1.807, 2.05) is 59.5 Å². The molecule has 0 radical (unpaired) electrons. The van der Waals surface area contributed by atoms with E-state index in [1.165, 1.54) is 22.9 Å². The van der Waals surface area contributed by atoms with Crippen LogP contribution in [0.3, 0.4) is 0 Å². The number of hydrogen-bond acceptors (Lipinski definition) is 3. The average molecular weight is 431 g/mol. The first kappa shape index (κ1) is 21.2. The first-order chi connectivity index (χ1) is 15.0. The summed E-state index contributed by atoms with van der Waals surface area (Å²) in [4.78, 5) is 28.5. The molecule has 0 aliphatic carbocycles. The summed E-state index contributed by atoms with van der Waals surface area (Å²) in [6, 6.07) is 23.4. The smallest absolute Gasteiger partial charge is 0.256 e. The SMILES string of the molecule is CC(C)c1cccc(NC(=O)c2ccccc2SCC(=O)N2CCc3ccccc32)c1. The Balaban J connectivity index is 1.45. The van der Waals surface area contributed by atoms with Gasteiger partial charge in [-0.25, -0.2) is 0 Å². The summed E-state index contributed by atoms with van der Waals surface area (Å²) in [5.41, 5.74) is 4.75. The predicted octanol–water partition coefficient (Wildman–Crippen LogP) is 5.74. The van der Waals surface area contributed by atoms with Gasteiger partial charge in [0.05, 0.1) is 11.3 Å². The molecular formula is C26H26N2O2S. The van der Waals surface area contributed by atoms with Crippen LogP contribution in [0.15, 0.2) is 77.7 Å². The Hall–Kier alpha value is -3.05. The van der Waals surface area contributed by atoms with Crippen LogP contribution in [-0.4, -0.2) is 24.1 Å². The normalized spacial score (nSPS) is 12.7. The number of para-hydroxylation sites is 1. The molecule has 31 heavy (non-hydrogen) atoms. The number of anilines is 2. The van der Waals surface area contributed by atoms with Crippen LogP contribution in [0, 0.1) is 0 Å². The molecule has 158 valence electrons. The van der Waals surface area contributed by atoms with Gasteiger partial charge in [0, 0.05) is 22.8 Å². The van der Waals surface area contributed by atoms with Crippen molar-refractivity contribution in [1.82, 2.24) is 0 Å². The second-order valence-corrected chi connectivity index (χ2v) is 8.96. The van der Waals surface area contributed by atoms with Crippen molar-refractivity contribution >= 4 is 35.0 Å². The molecule has 5 heteroatoms. The minimum atomic E-state index is -0.164. The molecule has 0 fully saturated rings. The molecule has 1 N–H and O–H groups in total. The molecule has 0 bridgehead atoms. The zero-order chi connectivity index (χ0) is 21.8. The number of carbonyl (C=O) groups is 2. The third kappa shape index (κ3) is 4.83. The Kier molecular flexibility index (Phi) is 6.42. The fourth-order valence-electron chi connectivity index (χ4n) is 3.77. The van der Waals surface area contributed by atoms with E-state index < -0.39 is 0 Å². The summed E-state index contributed by atoms with van der Waals surface area (Å²) in [5, 5.41) is 3.00. The number of amides is 2. The van der Waals surface area contributed by atoms with Crippen LogP contribution in [0.25, 0.3) is 0 Å². The van der Waals surface area contributed by atoms with Crippen LogP contribution < -0.4 is 10.2 Å². The number of carbonyl (C=O) groups excluding carboxylic acids is 2. The van der Waals surface area contributed by atoms with Gasteiger partial charge < -0.3 is 10.2 Å². The predicted molar refractivity (Wildman–Crippen MR) is 128 cm³/mol. The van der Waals surface area contributed by atoms with Crippen molar-refractivity contribution in [2.45, 2.75) is 31.1 Å². The van der Waals surface area contributed by atoms with E-state index in [2.05, 4.69) is 31.3 Å². The van der Waals surface area contributed by atoms with Crippen molar-refractivity contribution in [2.75, 3.05) is 22.5 Å². The van der Waals surface area contributed by atoms with E-state index in [0.29, 0.717) is 23.8 Å². The maximum absolute atomic E-state index is 13.0. The van der Waals surface area contributed by atoms with Crippen molar-refractivity contribution in [3.05, 3.63) is 89.5 Å². The van der Waals surface area contributed by atoms with E-state index in [4.69, 9.17) is 0 Å². The van der Waals surface area contributed by atoms with Crippen LogP contribution in [0.5, 0.6) is 0 Å². The lowest BCUT2D eigenvalue weighted by molar-refractivity contribution is -0.116. The van der Waals surface area contributed by atoms with Crippen LogP contribution in [0.4, 0.5) is 11.4 Å². The number of nitrogens with zero attached hydrogens (tertiary/aromatic N) is 1. The Bertz CT molecular complexity index is 1110. The quantitative estimate of drug-likeness (QED) is 0.507. The molecule has 3 aromatic carbocycles. The lowest BCUT2D eigenvalue weighted by Crippen LogP contribution is -2.30. The van der Waals surface area contributed by atoms with Gasteiger partial charge in [-0.05, 0) is 53.8 Å². The monoisotopic (exact) mass is 430 g/mol. The number of hydrogen-bond donors (Lipinski definition) is 1. The number of nitrogens with one attached hydrogen (secondary N) is 1. The minimum absolute atomic E-state index is 0.0646. The minimum Gasteiger partial charge on any atom is -0.322 e. The lowest BCUT2D eigenvalue weighted by atomic mass is 10.0. The molecule has 0 saturated carbocycles. The zero-order valence-corrected chi connectivity index (χ0v) is 18.6. The second-order valence-electron chi connectivity index (χ2n) is 7.94. The summed E-state index contributed by atoms with van der Waals surface area (Å²) in [6.45, 7) is 4.97. The lowest BCUT2D eigenvalue weighted by Gasteiger charge is -2.17. The van der Waals surface area contributed by atoms with E-state index in [0.717, 1.165) is 22.7 Å². The second kappa shape index (κ2) is 9.40. The van der Waals surface area contributed by atoms with Gasteiger partial charge in [-0.3, -0.25) is 9.59 Å². The van der Waals surface area contributed by atoms with Crippen LogP contribution in [-0.2, 0) is 11.2 Å². The first-order valence-electron chi connectivity index (χ1n) is 10.5. The number of benzene rings is 3. The summed E-state index contributed by atoms with van der Waals surface area (Å²) >= 11 is 1.41. The van der Waals surface area contributed by atoms with Gasteiger partial charge in [0.15, 0.2) is 0 Å². The van der Waals surface area contributed by atoms with Crippen LogP contribution >= 0.6 is 11.8 Å². The highest BCUT2D eigenvalue weighted by Gasteiger charge is 2.24. The maximum atomic E-state index is 13.0. The van der Waals surface area contributed by atoms with Crippen molar-refractivity contribution in [2.24, 2.45) is 0 Å².